The molecule has 3 atom stereocenters. The highest BCUT2D eigenvalue weighted by Crippen LogP contribution is 2.41. The quantitative estimate of drug-likeness (QED) is 0.158. The number of nitrogens with zero attached hydrogens (tertiary/aromatic N) is 1. The Labute approximate surface area is 278 Å². The van der Waals surface area contributed by atoms with E-state index in [0.29, 0.717) is 44.2 Å². The van der Waals surface area contributed by atoms with E-state index in [4.69, 9.17) is 21.1 Å². The Morgan fingerprint density at radius 2 is 1.79 bits per heavy atom. The number of carboxylic acid groups (broad SMARTS) is 1. The van der Waals surface area contributed by atoms with Gasteiger partial charge < -0.3 is 24.8 Å². The van der Waals surface area contributed by atoms with Crippen LogP contribution in [0.4, 0.5) is 8.78 Å². The highest BCUT2D eigenvalue weighted by molar-refractivity contribution is 6.32. The third-order valence-corrected chi connectivity index (χ3v) is 9.95. The van der Waals surface area contributed by atoms with Crippen LogP contribution in [-0.4, -0.2) is 53.7 Å². The molecule has 3 aromatic rings. The normalized spacial score (nSPS) is 20.6. The van der Waals surface area contributed by atoms with Gasteiger partial charge in [-0.2, -0.15) is 0 Å². The minimum absolute atomic E-state index is 0.0386. The molecule has 3 aliphatic rings. The first-order valence-electron chi connectivity index (χ1n) is 16.2. The molecule has 1 saturated heterocycles. The molecule has 2 aliphatic heterocycles. The number of hydrogen-bond acceptors (Lipinski definition) is 5. The van der Waals surface area contributed by atoms with Crippen LogP contribution >= 0.6 is 11.6 Å². The van der Waals surface area contributed by atoms with Crippen molar-refractivity contribution in [3.05, 3.63) is 99.1 Å². The molecule has 2 heterocycles. The fraction of sp³-hybridized carbons (Fsp3) is 0.405. The van der Waals surface area contributed by atoms with Crippen molar-refractivity contribution in [1.29, 1.82) is 0 Å². The Morgan fingerprint density at radius 3 is 2.49 bits per heavy atom. The van der Waals surface area contributed by atoms with Crippen molar-refractivity contribution in [3.8, 4) is 11.5 Å². The molecule has 2 N–H and O–H groups in total. The van der Waals surface area contributed by atoms with Crippen LogP contribution in [-0.2, 0) is 22.6 Å². The van der Waals surface area contributed by atoms with Gasteiger partial charge in [-0.3, -0.25) is 9.59 Å². The van der Waals surface area contributed by atoms with E-state index in [1.807, 2.05) is 54.3 Å². The lowest BCUT2D eigenvalue weighted by atomic mass is 9.75. The summed E-state index contributed by atoms with van der Waals surface area (Å²) >= 11 is 5.87. The summed E-state index contributed by atoms with van der Waals surface area (Å²) < 4.78 is 38.8. The van der Waals surface area contributed by atoms with Crippen molar-refractivity contribution in [2.45, 2.75) is 76.5 Å². The highest BCUT2D eigenvalue weighted by Gasteiger charge is 2.44. The maximum Gasteiger partial charge on any atom is 0.306 e. The molecule has 1 aliphatic carbocycles. The number of carbonyl (C=O) groups excluding carboxylic acids is 1. The van der Waals surface area contributed by atoms with Crippen LogP contribution in [0.25, 0.3) is 5.57 Å². The lowest BCUT2D eigenvalue weighted by Gasteiger charge is -2.42. The molecule has 1 saturated carbocycles. The third-order valence-electron chi connectivity index (χ3n) is 9.60. The second-order valence-electron chi connectivity index (χ2n) is 12.7. The monoisotopic (exact) mass is 664 g/mol. The van der Waals surface area contributed by atoms with E-state index in [1.165, 1.54) is 0 Å². The van der Waals surface area contributed by atoms with Crippen LogP contribution in [0.5, 0.6) is 11.5 Å². The molecule has 6 rings (SSSR count). The van der Waals surface area contributed by atoms with E-state index in [2.05, 4.69) is 5.32 Å². The van der Waals surface area contributed by atoms with E-state index < -0.39 is 23.5 Å². The average molecular weight is 665 g/mol. The Kier molecular flexibility index (Phi) is 9.85. The first-order chi connectivity index (χ1) is 22.6. The maximum absolute atomic E-state index is 14.6. The van der Waals surface area contributed by atoms with Crippen molar-refractivity contribution >= 4 is 29.1 Å². The van der Waals surface area contributed by atoms with Gasteiger partial charge in [0.15, 0.2) is 11.6 Å². The number of hydrogen-bond donors (Lipinski definition) is 2. The number of nitrogens with one attached hydrogen (secondary N) is 1. The second-order valence-corrected chi connectivity index (χ2v) is 13.1. The zero-order valence-corrected chi connectivity index (χ0v) is 27.3. The summed E-state index contributed by atoms with van der Waals surface area (Å²) in [5.74, 6) is -2.32. The average Bonchev–Trinajstić information content (AvgIpc) is 3.91. The zero-order chi connectivity index (χ0) is 33.2. The minimum atomic E-state index is -0.821. The van der Waals surface area contributed by atoms with Crippen LogP contribution in [0.1, 0.15) is 60.8 Å². The van der Waals surface area contributed by atoms with E-state index in [-0.39, 0.29) is 41.4 Å². The van der Waals surface area contributed by atoms with E-state index in [0.717, 1.165) is 58.6 Å². The van der Waals surface area contributed by atoms with Crippen LogP contribution in [0.2, 0.25) is 5.02 Å². The van der Waals surface area contributed by atoms with E-state index in [9.17, 15) is 23.5 Å². The van der Waals surface area contributed by atoms with Gasteiger partial charge in [0, 0.05) is 30.2 Å². The number of ether oxygens (including phenoxy) is 2. The largest absolute Gasteiger partial charge is 0.496 e. The third kappa shape index (κ3) is 7.16. The molecule has 3 aromatic carbocycles. The lowest BCUT2D eigenvalue weighted by molar-refractivity contribution is -0.143. The first-order valence-corrected chi connectivity index (χ1v) is 16.5. The highest BCUT2D eigenvalue weighted by atomic mass is 35.5. The fourth-order valence-corrected chi connectivity index (χ4v) is 7.12. The standard InChI is InChI=1S/C37H39ClF2N2O5/c1-21-24(6-3-7-32(21)46-2)20-42(27-12-13-27)36(43)33-28(19-26-17-25(37(44)45)18-31(33)41-26)23-10-8-22(9-11-23)5-4-16-47-35-30(40)15-14-29(39)34(35)38/h3,6-11,14-15,25-27,31,41H,4-5,12-13,16-20H2,1-2H3,(H,44,45)/t25-,26-,31+/m1/s1. The molecule has 0 unspecified atom stereocenters. The molecule has 2 fully saturated rings. The molecule has 0 aromatic heterocycles. The number of carbonyl (C=O) groups is 2. The van der Waals surface area contributed by atoms with Crippen molar-refractivity contribution in [2.24, 2.45) is 5.92 Å². The zero-order valence-electron chi connectivity index (χ0n) is 26.5. The Balaban J connectivity index is 1.24. The number of rotatable bonds is 12. The van der Waals surface area contributed by atoms with Gasteiger partial charge in [0.1, 0.15) is 16.6 Å². The molecule has 47 heavy (non-hydrogen) atoms. The van der Waals surface area contributed by atoms with Gasteiger partial charge in [-0.15, -0.1) is 0 Å². The number of methoxy groups -OCH3 is 1. The van der Waals surface area contributed by atoms with Crippen LogP contribution in [0, 0.1) is 24.5 Å². The van der Waals surface area contributed by atoms with E-state index in [1.54, 1.807) is 7.11 Å². The molecule has 7 nitrogen and oxygen atoms in total. The summed E-state index contributed by atoms with van der Waals surface area (Å²) in [5.41, 5.74) is 5.63. The summed E-state index contributed by atoms with van der Waals surface area (Å²) in [7, 11) is 1.64. The topological polar surface area (TPSA) is 88.1 Å². The second kappa shape index (κ2) is 14.0. The fourth-order valence-electron chi connectivity index (χ4n) is 6.92. The summed E-state index contributed by atoms with van der Waals surface area (Å²) in [4.78, 5) is 28.7. The molecule has 2 bridgehead atoms. The van der Waals surface area contributed by atoms with Crippen molar-refractivity contribution in [1.82, 2.24) is 10.2 Å². The smallest absolute Gasteiger partial charge is 0.306 e. The Morgan fingerprint density at radius 1 is 1.04 bits per heavy atom. The molecular weight excluding hydrogens is 626 g/mol. The molecule has 0 radical (unpaired) electrons. The molecular formula is C37H39ClF2N2O5. The number of carboxylic acids is 1. The van der Waals surface area contributed by atoms with Crippen LogP contribution in [0.3, 0.4) is 0 Å². The number of piperidine rings is 1. The number of halogens is 3. The van der Waals surface area contributed by atoms with Crippen LogP contribution < -0.4 is 14.8 Å². The van der Waals surface area contributed by atoms with Crippen molar-refractivity contribution in [3.63, 3.8) is 0 Å². The van der Waals surface area contributed by atoms with Gasteiger partial charge in [-0.25, -0.2) is 8.78 Å². The van der Waals surface area contributed by atoms with Gasteiger partial charge in [0.2, 0.25) is 0 Å². The van der Waals surface area contributed by atoms with Gasteiger partial charge >= 0.3 is 5.97 Å². The number of aryl methyl sites for hydroxylation is 1. The van der Waals surface area contributed by atoms with Gasteiger partial charge in [-0.1, -0.05) is 48.0 Å². The SMILES string of the molecule is COc1cccc(CN(C(=O)C2=C(c3ccc(CCCOc4c(F)ccc(F)c4Cl)cc3)C[C@H]3C[C@@H](C(=O)O)C[C@@H]2N3)C2CC2)c1C. The van der Waals surface area contributed by atoms with Gasteiger partial charge in [0.25, 0.3) is 5.91 Å². The lowest BCUT2D eigenvalue weighted by Crippen LogP contribution is -2.54. The van der Waals surface area contributed by atoms with Gasteiger partial charge in [-0.05, 0) is 97.9 Å². The Hall–Kier alpha value is -3.95. The van der Waals surface area contributed by atoms with Crippen molar-refractivity contribution < 1.29 is 33.0 Å². The summed E-state index contributed by atoms with van der Waals surface area (Å²) in [6.45, 7) is 2.62. The summed E-state index contributed by atoms with van der Waals surface area (Å²) in [6, 6.07) is 15.6. The summed E-state index contributed by atoms with van der Waals surface area (Å²) in [6.07, 6.45) is 4.51. The minimum Gasteiger partial charge on any atom is -0.496 e. The molecule has 248 valence electrons. The predicted octanol–water partition coefficient (Wildman–Crippen LogP) is 7.12. The molecule has 1 amide bonds. The summed E-state index contributed by atoms with van der Waals surface area (Å²) in [5, 5.41) is 13.1. The molecule has 0 spiro atoms. The number of benzene rings is 3. The number of fused-ring (bicyclic) bond motifs is 2. The van der Waals surface area contributed by atoms with Crippen LogP contribution in [0.15, 0.2) is 60.2 Å². The molecule has 10 heteroatoms. The Bertz CT molecular complexity index is 1690. The maximum atomic E-state index is 14.6. The van der Waals surface area contributed by atoms with E-state index >= 15 is 0 Å². The van der Waals surface area contributed by atoms with Gasteiger partial charge in [0.05, 0.1) is 19.6 Å². The first kappa shape index (κ1) is 33.0. The number of amides is 1. The number of aliphatic carboxylic acids is 1. The predicted molar refractivity (Wildman–Crippen MR) is 176 cm³/mol. The van der Waals surface area contributed by atoms with Crippen molar-refractivity contribution in [2.75, 3.05) is 13.7 Å².